The molecule has 0 bridgehead atoms. The summed E-state index contributed by atoms with van der Waals surface area (Å²) in [4.78, 5) is 12.4. The van der Waals surface area contributed by atoms with Gasteiger partial charge in [0.05, 0.1) is 12.0 Å². The monoisotopic (exact) mass is 397 g/mol. The number of nitrogens with one attached hydrogen (secondary N) is 1. The van der Waals surface area contributed by atoms with Gasteiger partial charge in [-0.25, -0.2) is 8.42 Å². The van der Waals surface area contributed by atoms with Crippen molar-refractivity contribution in [1.82, 2.24) is 0 Å². The van der Waals surface area contributed by atoms with Crippen LogP contribution in [0.15, 0.2) is 83.8 Å². The van der Waals surface area contributed by atoms with Crippen LogP contribution in [0.4, 0.5) is 5.69 Å². The van der Waals surface area contributed by atoms with Gasteiger partial charge in [-0.3, -0.25) is 9.52 Å². The van der Waals surface area contributed by atoms with Gasteiger partial charge in [0, 0.05) is 11.3 Å². The van der Waals surface area contributed by atoms with E-state index in [1.807, 2.05) is 0 Å². The highest BCUT2D eigenvalue weighted by atomic mass is 32.2. The summed E-state index contributed by atoms with van der Waals surface area (Å²) in [5.74, 6) is 0.965. The first-order valence-corrected chi connectivity index (χ1v) is 9.94. The predicted molar refractivity (Wildman–Crippen MR) is 107 cm³/mol. The van der Waals surface area contributed by atoms with E-state index in [2.05, 4.69) is 4.72 Å². The van der Waals surface area contributed by atoms with Crippen LogP contribution in [0.1, 0.15) is 10.4 Å². The van der Waals surface area contributed by atoms with Crippen molar-refractivity contribution in [2.24, 2.45) is 0 Å². The van der Waals surface area contributed by atoms with E-state index < -0.39 is 10.0 Å². The van der Waals surface area contributed by atoms with Crippen molar-refractivity contribution in [2.45, 2.75) is 4.90 Å². The summed E-state index contributed by atoms with van der Waals surface area (Å²) in [6.07, 6.45) is 0. The van der Waals surface area contributed by atoms with Gasteiger partial charge in [0.25, 0.3) is 10.0 Å². The first kappa shape index (κ1) is 19.4. The maximum absolute atomic E-state index is 12.3. The lowest BCUT2D eigenvalue weighted by Gasteiger charge is -2.10. The van der Waals surface area contributed by atoms with Crippen molar-refractivity contribution in [3.8, 4) is 11.5 Å². The standard InChI is InChI=1S/C21H19NO5S/c1-26-18-11-7-16(8-12-18)21(23)15-27-19-13-9-17(10-14-19)22-28(24,25)20-5-3-2-4-6-20/h2-14,22H,15H2,1H3. The molecule has 0 aliphatic rings. The van der Waals surface area contributed by atoms with Crippen LogP contribution in [-0.2, 0) is 10.0 Å². The molecule has 3 aromatic carbocycles. The molecule has 3 aromatic rings. The van der Waals surface area contributed by atoms with Crippen LogP contribution >= 0.6 is 0 Å². The first-order valence-electron chi connectivity index (χ1n) is 8.46. The Bertz CT molecular complexity index is 1030. The fourth-order valence-corrected chi connectivity index (χ4v) is 3.52. The smallest absolute Gasteiger partial charge is 0.261 e. The molecule has 0 heterocycles. The number of Topliss-reactive ketones (excluding diaryl/α,β-unsaturated/α-hetero) is 1. The molecule has 0 fully saturated rings. The molecular formula is C21H19NO5S. The Labute approximate surface area is 163 Å². The average molecular weight is 397 g/mol. The summed E-state index contributed by atoms with van der Waals surface area (Å²) < 4.78 is 37.7. The third kappa shape index (κ3) is 4.89. The second kappa shape index (κ2) is 8.58. The Morgan fingerprint density at radius 3 is 2.07 bits per heavy atom. The predicted octanol–water partition coefficient (Wildman–Crippen LogP) is 3.76. The molecule has 6 nitrogen and oxygen atoms in total. The third-order valence-corrected chi connectivity index (χ3v) is 5.34. The molecule has 0 aromatic heterocycles. The van der Waals surface area contributed by atoms with Crippen molar-refractivity contribution >= 4 is 21.5 Å². The van der Waals surface area contributed by atoms with Gasteiger partial charge in [-0.15, -0.1) is 0 Å². The molecule has 144 valence electrons. The van der Waals surface area contributed by atoms with Gasteiger partial charge in [-0.05, 0) is 60.7 Å². The molecule has 0 spiro atoms. The van der Waals surface area contributed by atoms with E-state index >= 15 is 0 Å². The molecule has 0 saturated heterocycles. The van der Waals surface area contributed by atoms with Crippen molar-refractivity contribution in [2.75, 3.05) is 18.4 Å². The van der Waals surface area contributed by atoms with Crippen LogP contribution in [0.25, 0.3) is 0 Å². The van der Waals surface area contributed by atoms with Crippen molar-refractivity contribution in [3.05, 3.63) is 84.4 Å². The van der Waals surface area contributed by atoms with Crippen molar-refractivity contribution < 1.29 is 22.7 Å². The number of carbonyl (C=O) groups is 1. The zero-order valence-corrected chi connectivity index (χ0v) is 16.0. The number of carbonyl (C=O) groups excluding carboxylic acids is 1. The van der Waals surface area contributed by atoms with Crippen LogP contribution in [0.5, 0.6) is 11.5 Å². The van der Waals surface area contributed by atoms with Crippen LogP contribution in [-0.4, -0.2) is 27.9 Å². The summed E-state index contributed by atoms with van der Waals surface area (Å²) >= 11 is 0. The maximum atomic E-state index is 12.3. The number of hydrogen-bond acceptors (Lipinski definition) is 5. The van der Waals surface area contributed by atoms with E-state index in [0.29, 0.717) is 22.7 Å². The quantitative estimate of drug-likeness (QED) is 0.586. The van der Waals surface area contributed by atoms with E-state index in [4.69, 9.17) is 9.47 Å². The summed E-state index contributed by atoms with van der Waals surface area (Å²) in [6, 6.07) is 21.2. The van der Waals surface area contributed by atoms with Gasteiger partial charge < -0.3 is 9.47 Å². The van der Waals surface area contributed by atoms with E-state index in [9.17, 15) is 13.2 Å². The van der Waals surface area contributed by atoms with Gasteiger partial charge in [0.1, 0.15) is 11.5 Å². The molecule has 28 heavy (non-hydrogen) atoms. The van der Waals surface area contributed by atoms with Gasteiger partial charge in [-0.2, -0.15) is 0 Å². The fraction of sp³-hybridized carbons (Fsp3) is 0.0952. The van der Waals surface area contributed by atoms with Gasteiger partial charge in [-0.1, -0.05) is 18.2 Å². The topological polar surface area (TPSA) is 81.7 Å². The summed E-state index contributed by atoms with van der Waals surface area (Å²) in [5, 5.41) is 0. The summed E-state index contributed by atoms with van der Waals surface area (Å²) in [6.45, 7) is -0.124. The SMILES string of the molecule is COc1ccc(C(=O)COc2ccc(NS(=O)(=O)c3ccccc3)cc2)cc1. The zero-order chi connectivity index (χ0) is 20.0. The number of anilines is 1. The fourth-order valence-electron chi connectivity index (χ4n) is 2.44. The minimum absolute atomic E-state index is 0.124. The number of benzene rings is 3. The Hall–Kier alpha value is -3.32. The van der Waals surface area contributed by atoms with E-state index in [1.54, 1.807) is 73.8 Å². The van der Waals surface area contributed by atoms with Crippen LogP contribution in [0.2, 0.25) is 0 Å². The molecule has 3 rings (SSSR count). The maximum Gasteiger partial charge on any atom is 0.261 e. The van der Waals surface area contributed by atoms with E-state index in [-0.39, 0.29) is 17.3 Å². The van der Waals surface area contributed by atoms with Gasteiger partial charge in [0.2, 0.25) is 0 Å². The van der Waals surface area contributed by atoms with Crippen molar-refractivity contribution in [1.29, 1.82) is 0 Å². The summed E-state index contributed by atoms with van der Waals surface area (Å²) in [7, 11) is -2.09. The Balaban J connectivity index is 1.59. The Kier molecular flexibility index (Phi) is 5.96. The lowest BCUT2D eigenvalue weighted by atomic mass is 10.1. The second-order valence-electron chi connectivity index (χ2n) is 5.88. The molecule has 0 aliphatic heterocycles. The highest BCUT2D eigenvalue weighted by molar-refractivity contribution is 7.92. The summed E-state index contributed by atoms with van der Waals surface area (Å²) in [5.41, 5.74) is 0.922. The molecular weight excluding hydrogens is 378 g/mol. The van der Waals surface area contributed by atoms with Crippen LogP contribution in [0, 0.1) is 0 Å². The highest BCUT2D eigenvalue weighted by Crippen LogP contribution is 2.20. The van der Waals surface area contributed by atoms with Crippen LogP contribution < -0.4 is 14.2 Å². The largest absolute Gasteiger partial charge is 0.497 e. The Morgan fingerprint density at radius 1 is 0.857 bits per heavy atom. The molecule has 0 atom stereocenters. The first-order chi connectivity index (χ1) is 13.5. The number of sulfonamides is 1. The van der Waals surface area contributed by atoms with Gasteiger partial charge >= 0.3 is 0 Å². The Morgan fingerprint density at radius 2 is 1.46 bits per heavy atom. The average Bonchev–Trinajstić information content (AvgIpc) is 2.73. The van der Waals surface area contributed by atoms with Crippen molar-refractivity contribution in [3.63, 3.8) is 0 Å². The molecule has 0 amide bonds. The minimum atomic E-state index is -3.65. The molecule has 0 radical (unpaired) electrons. The van der Waals surface area contributed by atoms with Gasteiger partial charge in [0.15, 0.2) is 12.4 Å². The minimum Gasteiger partial charge on any atom is -0.497 e. The van der Waals surface area contributed by atoms with E-state index in [1.165, 1.54) is 12.1 Å². The molecule has 1 N–H and O–H groups in total. The lowest BCUT2D eigenvalue weighted by molar-refractivity contribution is 0.0921. The molecule has 7 heteroatoms. The number of ether oxygens (including phenoxy) is 2. The zero-order valence-electron chi connectivity index (χ0n) is 15.2. The number of methoxy groups -OCH3 is 1. The molecule has 0 aliphatic carbocycles. The normalized spacial score (nSPS) is 10.9. The molecule has 0 saturated carbocycles. The highest BCUT2D eigenvalue weighted by Gasteiger charge is 2.13. The number of hydrogen-bond donors (Lipinski definition) is 1. The lowest BCUT2D eigenvalue weighted by Crippen LogP contribution is -2.13. The number of ketones is 1. The van der Waals surface area contributed by atoms with Crippen LogP contribution in [0.3, 0.4) is 0 Å². The third-order valence-electron chi connectivity index (χ3n) is 3.94. The molecule has 0 unspecified atom stereocenters. The second-order valence-corrected chi connectivity index (χ2v) is 7.57. The van der Waals surface area contributed by atoms with E-state index in [0.717, 1.165) is 0 Å². The number of rotatable bonds is 8.